The highest BCUT2D eigenvalue weighted by molar-refractivity contribution is 5.89. The Morgan fingerprint density at radius 2 is 2.40 bits per heavy atom. The van der Waals surface area contributed by atoms with Crippen molar-refractivity contribution in [2.24, 2.45) is 0 Å². The Bertz CT molecular complexity index is 177. The molecule has 0 amide bonds. The lowest BCUT2D eigenvalue weighted by molar-refractivity contribution is -0.141. The smallest absolute Gasteiger partial charge is 0.337 e. The zero-order chi connectivity index (χ0) is 7.56. The molecule has 10 heavy (non-hydrogen) atoms. The number of cyclic esters (lactones) is 1. The number of carbonyl (C=O) groups is 1. The number of aliphatic hydroxyl groups is 1. The Hall–Kier alpha value is -0.990. The van der Waals surface area contributed by atoms with Crippen LogP contribution in [0.1, 0.15) is 19.8 Å². The van der Waals surface area contributed by atoms with Crippen LogP contribution in [0.3, 0.4) is 0 Å². The van der Waals surface area contributed by atoms with Gasteiger partial charge in [-0.1, -0.05) is 0 Å². The van der Waals surface area contributed by atoms with E-state index in [1.54, 1.807) is 0 Å². The minimum absolute atomic E-state index is 0.0877. The van der Waals surface area contributed by atoms with E-state index in [-0.39, 0.29) is 11.7 Å². The Morgan fingerprint density at radius 1 is 1.70 bits per heavy atom. The fourth-order valence-corrected chi connectivity index (χ4v) is 0.932. The van der Waals surface area contributed by atoms with Crippen molar-refractivity contribution < 1.29 is 14.6 Å². The van der Waals surface area contributed by atoms with Gasteiger partial charge in [-0.2, -0.15) is 0 Å². The normalized spacial score (nSPS) is 23.9. The molecule has 3 nitrogen and oxygen atoms in total. The topological polar surface area (TPSA) is 46.5 Å². The van der Waals surface area contributed by atoms with E-state index in [9.17, 15) is 4.79 Å². The number of hydrogen-bond donors (Lipinski definition) is 1. The number of hydrogen-bond acceptors (Lipinski definition) is 3. The van der Waals surface area contributed by atoms with Gasteiger partial charge in [-0.3, -0.25) is 0 Å². The lowest BCUT2D eigenvalue weighted by Crippen LogP contribution is -2.16. The number of rotatable bonds is 0. The van der Waals surface area contributed by atoms with E-state index in [4.69, 9.17) is 9.84 Å². The molecule has 1 aliphatic heterocycles. The van der Waals surface area contributed by atoms with E-state index < -0.39 is 0 Å². The van der Waals surface area contributed by atoms with Crippen molar-refractivity contribution in [1.82, 2.24) is 0 Å². The summed E-state index contributed by atoms with van der Waals surface area (Å²) in [4.78, 5) is 10.8. The Balaban J connectivity index is 2.75. The third-order valence-electron chi connectivity index (χ3n) is 1.49. The largest absolute Gasteiger partial charge is 0.512 e. The summed E-state index contributed by atoms with van der Waals surface area (Å²) in [6.45, 7) is 1.98. The summed E-state index contributed by atoms with van der Waals surface area (Å²) in [5.41, 5.74) is 0.422. The van der Waals surface area contributed by atoms with E-state index in [0.29, 0.717) is 18.6 Å². The molecule has 0 spiro atoms. The summed E-state index contributed by atoms with van der Waals surface area (Å²) >= 11 is 0. The molecule has 56 valence electrons. The summed E-state index contributed by atoms with van der Waals surface area (Å²) in [6, 6.07) is 0. The fourth-order valence-electron chi connectivity index (χ4n) is 0.932. The van der Waals surface area contributed by atoms with Crippen LogP contribution in [0.2, 0.25) is 0 Å². The lowest BCUT2D eigenvalue weighted by Gasteiger charge is -2.13. The highest BCUT2D eigenvalue weighted by atomic mass is 16.5. The van der Waals surface area contributed by atoms with Crippen LogP contribution >= 0.6 is 0 Å². The van der Waals surface area contributed by atoms with Gasteiger partial charge in [-0.25, -0.2) is 4.79 Å². The van der Waals surface area contributed by atoms with Crippen LogP contribution < -0.4 is 0 Å². The quantitative estimate of drug-likeness (QED) is 0.313. The first-order valence-electron chi connectivity index (χ1n) is 3.27. The van der Waals surface area contributed by atoms with E-state index in [2.05, 4.69) is 0 Å². The lowest BCUT2D eigenvalue weighted by atomic mass is 10.1. The predicted molar refractivity (Wildman–Crippen MR) is 35.5 cm³/mol. The zero-order valence-electron chi connectivity index (χ0n) is 5.89. The highest BCUT2D eigenvalue weighted by Gasteiger charge is 2.18. The van der Waals surface area contributed by atoms with Crippen LogP contribution in [0.15, 0.2) is 11.3 Å². The summed E-state index contributed by atoms with van der Waals surface area (Å²) in [5.74, 6) is -0.282. The van der Waals surface area contributed by atoms with E-state index >= 15 is 0 Å². The second kappa shape index (κ2) is 2.73. The molecule has 0 saturated carbocycles. The molecule has 0 aromatic rings. The standard InChI is InChI=1S/C7H10O3/c1-5(8)6-3-2-4-10-7(6)9/h8H,2-4H2,1H3/b6-5-. The first-order chi connectivity index (χ1) is 4.72. The molecule has 0 aromatic carbocycles. The third-order valence-corrected chi connectivity index (χ3v) is 1.49. The van der Waals surface area contributed by atoms with Crippen molar-refractivity contribution in [3.05, 3.63) is 11.3 Å². The molecule has 0 radical (unpaired) electrons. The molecule has 1 rings (SSSR count). The third kappa shape index (κ3) is 1.29. The van der Waals surface area contributed by atoms with Gasteiger partial charge in [-0.05, 0) is 19.8 Å². The van der Waals surface area contributed by atoms with Gasteiger partial charge in [0, 0.05) is 0 Å². The Morgan fingerprint density at radius 3 is 2.80 bits per heavy atom. The summed E-state index contributed by atoms with van der Waals surface area (Å²) < 4.78 is 4.69. The Labute approximate surface area is 59.3 Å². The van der Waals surface area contributed by atoms with Crippen LogP contribution in [0.25, 0.3) is 0 Å². The van der Waals surface area contributed by atoms with E-state index in [0.717, 1.165) is 6.42 Å². The second-order valence-electron chi connectivity index (χ2n) is 2.30. The molecule has 0 atom stereocenters. The molecule has 1 saturated heterocycles. The van der Waals surface area contributed by atoms with E-state index in [1.165, 1.54) is 6.92 Å². The van der Waals surface area contributed by atoms with Crippen molar-refractivity contribution >= 4 is 5.97 Å². The molecule has 1 aliphatic rings. The number of ether oxygens (including phenoxy) is 1. The first-order valence-corrected chi connectivity index (χ1v) is 3.27. The van der Waals surface area contributed by atoms with Gasteiger partial charge in [0.25, 0.3) is 0 Å². The Kier molecular flexibility index (Phi) is 1.94. The van der Waals surface area contributed by atoms with Gasteiger partial charge < -0.3 is 9.84 Å². The molecule has 0 aliphatic carbocycles. The van der Waals surface area contributed by atoms with Gasteiger partial charge in [0.1, 0.15) is 0 Å². The van der Waals surface area contributed by atoms with Crippen LogP contribution in [0.4, 0.5) is 0 Å². The summed E-state index contributed by atoms with van der Waals surface area (Å²) in [5, 5.41) is 8.93. The van der Waals surface area contributed by atoms with Crippen molar-refractivity contribution in [1.29, 1.82) is 0 Å². The molecule has 0 aromatic heterocycles. The van der Waals surface area contributed by atoms with Gasteiger partial charge in [0.05, 0.1) is 17.9 Å². The molecule has 1 N–H and O–H groups in total. The average molecular weight is 142 g/mol. The molecular weight excluding hydrogens is 132 g/mol. The van der Waals surface area contributed by atoms with Crippen LogP contribution in [0.5, 0.6) is 0 Å². The first kappa shape index (κ1) is 7.12. The molecule has 1 heterocycles. The van der Waals surface area contributed by atoms with Crippen molar-refractivity contribution in [3.63, 3.8) is 0 Å². The molecule has 0 unspecified atom stereocenters. The van der Waals surface area contributed by atoms with Gasteiger partial charge in [0.2, 0.25) is 0 Å². The molecule has 3 heteroatoms. The van der Waals surface area contributed by atoms with Gasteiger partial charge in [-0.15, -0.1) is 0 Å². The van der Waals surface area contributed by atoms with Crippen molar-refractivity contribution in [3.8, 4) is 0 Å². The maximum atomic E-state index is 10.8. The monoisotopic (exact) mass is 142 g/mol. The minimum Gasteiger partial charge on any atom is -0.512 e. The SMILES string of the molecule is C/C(O)=C1\CCCOC1=O. The zero-order valence-corrected chi connectivity index (χ0v) is 5.89. The van der Waals surface area contributed by atoms with Crippen LogP contribution in [-0.4, -0.2) is 17.7 Å². The highest BCUT2D eigenvalue weighted by Crippen LogP contribution is 2.16. The second-order valence-corrected chi connectivity index (χ2v) is 2.30. The number of carbonyl (C=O) groups excluding carboxylic acids is 1. The van der Waals surface area contributed by atoms with Gasteiger partial charge in [0.15, 0.2) is 0 Å². The fraction of sp³-hybridized carbons (Fsp3) is 0.571. The number of allylic oxidation sites excluding steroid dienone is 1. The molecular formula is C7H10O3. The van der Waals surface area contributed by atoms with Crippen LogP contribution in [0, 0.1) is 0 Å². The van der Waals surface area contributed by atoms with Crippen molar-refractivity contribution in [2.45, 2.75) is 19.8 Å². The molecule has 0 bridgehead atoms. The van der Waals surface area contributed by atoms with Crippen LogP contribution in [-0.2, 0) is 9.53 Å². The van der Waals surface area contributed by atoms with E-state index in [1.807, 2.05) is 0 Å². The predicted octanol–water partition coefficient (Wildman–Crippen LogP) is 1.16. The number of esters is 1. The molecule has 1 fully saturated rings. The average Bonchev–Trinajstić information content (AvgIpc) is 1.88. The van der Waals surface area contributed by atoms with Crippen molar-refractivity contribution in [2.75, 3.05) is 6.61 Å². The number of aliphatic hydroxyl groups excluding tert-OH is 1. The minimum atomic E-state index is -0.369. The van der Waals surface area contributed by atoms with Gasteiger partial charge >= 0.3 is 5.97 Å². The maximum Gasteiger partial charge on any atom is 0.337 e. The summed E-state index contributed by atoms with van der Waals surface area (Å²) in [7, 11) is 0. The maximum absolute atomic E-state index is 10.8. The summed E-state index contributed by atoms with van der Waals surface area (Å²) in [6.07, 6.45) is 1.46.